The van der Waals surface area contributed by atoms with E-state index in [2.05, 4.69) is 39.9 Å². The Morgan fingerprint density at radius 1 is 0.667 bits per heavy atom. The van der Waals surface area contributed by atoms with Crippen molar-refractivity contribution in [3.05, 3.63) is 114 Å². The van der Waals surface area contributed by atoms with Crippen molar-refractivity contribution in [2.24, 2.45) is 11.8 Å². The topological polar surface area (TPSA) is 86.9 Å². The molecular formula is C33H28N4O2. The van der Waals surface area contributed by atoms with Gasteiger partial charge in [-0.05, 0) is 78.3 Å². The number of benzene rings is 4. The Morgan fingerprint density at radius 2 is 1.21 bits per heavy atom. The molecule has 39 heavy (non-hydrogen) atoms. The zero-order valence-corrected chi connectivity index (χ0v) is 21.3. The fraction of sp³-hybridized carbons (Fsp3) is 0.182. The van der Waals surface area contributed by atoms with Crippen molar-refractivity contribution >= 4 is 34.2 Å². The van der Waals surface area contributed by atoms with Crippen LogP contribution in [0.4, 0.5) is 11.4 Å². The van der Waals surface area contributed by atoms with Crippen LogP contribution in [0.5, 0.6) is 0 Å². The van der Waals surface area contributed by atoms with Crippen LogP contribution in [-0.4, -0.2) is 21.8 Å². The number of carbonyl (C=O) groups is 2. The number of fused-ring (bicyclic) bond motifs is 1. The maximum Gasteiger partial charge on any atom is 0.228 e. The summed E-state index contributed by atoms with van der Waals surface area (Å²) < 4.78 is 0. The summed E-state index contributed by atoms with van der Waals surface area (Å²) in [4.78, 5) is 33.6. The lowest BCUT2D eigenvalue weighted by molar-refractivity contribution is -0.118. The zero-order chi connectivity index (χ0) is 26.3. The molecule has 0 saturated heterocycles. The second-order valence-electron chi connectivity index (χ2n) is 10.6. The van der Waals surface area contributed by atoms with Crippen LogP contribution in [0, 0.1) is 11.8 Å². The number of aromatic amines is 1. The smallest absolute Gasteiger partial charge is 0.228 e. The highest BCUT2D eigenvalue weighted by Crippen LogP contribution is 2.48. The molecule has 1 aromatic heterocycles. The Bertz CT molecular complexity index is 1660. The lowest BCUT2D eigenvalue weighted by Crippen LogP contribution is -2.14. The van der Waals surface area contributed by atoms with Gasteiger partial charge in [0.05, 0.1) is 11.0 Å². The third-order valence-electron chi connectivity index (χ3n) is 7.89. The van der Waals surface area contributed by atoms with Crippen molar-refractivity contribution in [2.45, 2.75) is 24.7 Å². The number of nitrogens with one attached hydrogen (secondary N) is 3. The number of amides is 2. The summed E-state index contributed by atoms with van der Waals surface area (Å²) in [7, 11) is 0. The van der Waals surface area contributed by atoms with Gasteiger partial charge in [0.2, 0.25) is 11.8 Å². The maximum atomic E-state index is 12.8. The Kier molecular flexibility index (Phi) is 5.73. The summed E-state index contributed by atoms with van der Waals surface area (Å²) in [6, 6.07) is 33.9. The number of H-pyrrole nitrogens is 1. The molecule has 3 N–H and O–H groups in total. The van der Waals surface area contributed by atoms with E-state index in [9.17, 15) is 9.59 Å². The molecule has 192 valence electrons. The molecule has 2 fully saturated rings. The fourth-order valence-electron chi connectivity index (χ4n) is 5.51. The van der Waals surface area contributed by atoms with Crippen molar-refractivity contribution in [2.75, 3.05) is 10.6 Å². The molecule has 4 aromatic carbocycles. The highest BCUT2D eigenvalue weighted by molar-refractivity contribution is 5.97. The third kappa shape index (κ3) is 4.81. The van der Waals surface area contributed by atoms with Gasteiger partial charge in [0, 0.05) is 28.8 Å². The van der Waals surface area contributed by atoms with Gasteiger partial charge in [-0.1, -0.05) is 60.7 Å². The molecule has 2 aliphatic carbocycles. The lowest BCUT2D eigenvalue weighted by Gasteiger charge is -2.06. The van der Waals surface area contributed by atoms with Crippen LogP contribution < -0.4 is 10.6 Å². The summed E-state index contributed by atoms with van der Waals surface area (Å²) >= 11 is 0. The number of aromatic nitrogens is 2. The number of carbonyl (C=O) groups excluding carboxylic acids is 2. The Balaban J connectivity index is 0.988. The van der Waals surface area contributed by atoms with Crippen LogP contribution in [0.3, 0.4) is 0 Å². The van der Waals surface area contributed by atoms with Crippen LogP contribution in [0.2, 0.25) is 0 Å². The summed E-state index contributed by atoms with van der Waals surface area (Å²) in [5.41, 5.74) is 6.59. The van der Waals surface area contributed by atoms with Gasteiger partial charge in [0.1, 0.15) is 5.82 Å². The number of nitrogens with zero attached hydrogens (tertiary/aromatic N) is 1. The molecule has 2 aliphatic rings. The molecule has 0 bridgehead atoms. The molecule has 2 saturated carbocycles. The van der Waals surface area contributed by atoms with Crippen LogP contribution in [0.1, 0.15) is 35.8 Å². The van der Waals surface area contributed by atoms with E-state index in [0.717, 1.165) is 46.6 Å². The van der Waals surface area contributed by atoms with Crippen molar-refractivity contribution in [3.8, 4) is 11.4 Å². The van der Waals surface area contributed by atoms with Gasteiger partial charge in [0.25, 0.3) is 0 Å². The largest absolute Gasteiger partial charge is 0.338 e. The Hall–Kier alpha value is -4.71. The van der Waals surface area contributed by atoms with Gasteiger partial charge in [0.15, 0.2) is 0 Å². The number of hydrogen-bond donors (Lipinski definition) is 3. The van der Waals surface area contributed by atoms with E-state index >= 15 is 0 Å². The minimum atomic E-state index is 0.0172. The van der Waals surface area contributed by atoms with E-state index in [4.69, 9.17) is 4.98 Å². The quantitative estimate of drug-likeness (QED) is 0.226. The van der Waals surface area contributed by atoms with Gasteiger partial charge in [-0.3, -0.25) is 9.59 Å². The molecule has 0 radical (unpaired) electrons. The first kappa shape index (κ1) is 23.4. The van der Waals surface area contributed by atoms with Crippen molar-refractivity contribution < 1.29 is 9.59 Å². The normalized spacial score (nSPS) is 21.3. The van der Waals surface area contributed by atoms with Crippen LogP contribution in [-0.2, 0) is 9.59 Å². The predicted octanol–water partition coefficient (Wildman–Crippen LogP) is 6.71. The summed E-state index contributed by atoms with van der Waals surface area (Å²) in [5.74, 6) is 1.52. The summed E-state index contributed by atoms with van der Waals surface area (Å²) in [6.45, 7) is 0. The molecule has 1 heterocycles. The Morgan fingerprint density at radius 3 is 1.79 bits per heavy atom. The standard InChI is InChI=1S/C33H28N4O2/c38-32(27-18-25(27)20-7-3-1-4-8-20)34-23-13-11-22(12-14-23)31-36-29-16-15-24(17-30(29)37-31)35-33(39)28-19-26(28)21-9-5-2-6-10-21/h1-17,25-28H,18-19H2,(H,34,38)(H,35,39)(H,36,37)/t25-,26+,27+,28-/m1/s1. The van der Waals surface area contributed by atoms with Crippen molar-refractivity contribution in [3.63, 3.8) is 0 Å². The lowest BCUT2D eigenvalue weighted by atomic mass is 10.1. The molecule has 6 nitrogen and oxygen atoms in total. The summed E-state index contributed by atoms with van der Waals surface area (Å²) in [5, 5.41) is 6.12. The van der Waals surface area contributed by atoms with Crippen molar-refractivity contribution in [1.29, 1.82) is 0 Å². The highest BCUT2D eigenvalue weighted by Gasteiger charge is 2.44. The average molecular weight is 513 g/mol. The van der Waals surface area contributed by atoms with Crippen LogP contribution >= 0.6 is 0 Å². The second kappa shape index (κ2) is 9.55. The number of anilines is 2. The first-order valence-electron chi connectivity index (χ1n) is 13.4. The molecule has 4 atom stereocenters. The minimum absolute atomic E-state index is 0.0172. The molecule has 6 heteroatoms. The number of hydrogen-bond acceptors (Lipinski definition) is 3. The van der Waals surface area contributed by atoms with Gasteiger partial charge in [-0.15, -0.1) is 0 Å². The minimum Gasteiger partial charge on any atom is -0.338 e. The SMILES string of the molecule is O=C(Nc1ccc(-c2nc3ccc(NC(=O)[C@@H]4C[C@H]4c4ccccc4)cc3[nH]2)cc1)[C@H]1C[C@@H]1c1ccccc1. The van der Waals surface area contributed by atoms with E-state index < -0.39 is 0 Å². The van der Waals surface area contributed by atoms with Crippen LogP contribution in [0.25, 0.3) is 22.4 Å². The molecule has 2 amide bonds. The van der Waals surface area contributed by atoms with E-state index in [1.807, 2.05) is 78.9 Å². The van der Waals surface area contributed by atoms with Crippen molar-refractivity contribution in [1.82, 2.24) is 9.97 Å². The molecule has 0 spiro atoms. The fourth-order valence-corrected chi connectivity index (χ4v) is 5.51. The average Bonchev–Trinajstić information content (AvgIpc) is 3.90. The monoisotopic (exact) mass is 512 g/mol. The Labute approximate surface area is 226 Å². The summed E-state index contributed by atoms with van der Waals surface area (Å²) in [6.07, 6.45) is 1.78. The molecule has 0 aliphatic heterocycles. The molecule has 0 unspecified atom stereocenters. The zero-order valence-electron chi connectivity index (χ0n) is 21.3. The molecular weight excluding hydrogens is 484 g/mol. The second-order valence-corrected chi connectivity index (χ2v) is 10.6. The third-order valence-corrected chi connectivity index (χ3v) is 7.89. The first-order chi connectivity index (χ1) is 19.1. The molecule has 5 aromatic rings. The van der Waals surface area contributed by atoms with E-state index in [1.54, 1.807) is 0 Å². The van der Waals surface area contributed by atoms with E-state index in [0.29, 0.717) is 11.8 Å². The predicted molar refractivity (Wildman–Crippen MR) is 153 cm³/mol. The van der Waals surface area contributed by atoms with Gasteiger partial charge in [-0.25, -0.2) is 4.98 Å². The van der Waals surface area contributed by atoms with E-state index in [1.165, 1.54) is 11.1 Å². The highest BCUT2D eigenvalue weighted by atomic mass is 16.2. The van der Waals surface area contributed by atoms with E-state index in [-0.39, 0.29) is 23.7 Å². The molecule has 7 rings (SSSR count). The van der Waals surface area contributed by atoms with Gasteiger partial charge < -0.3 is 15.6 Å². The van der Waals surface area contributed by atoms with Gasteiger partial charge in [-0.2, -0.15) is 0 Å². The number of rotatable bonds is 7. The van der Waals surface area contributed by atoms with Gasteiger partial charge >= 0.3 is 0 Å². The first-order valence-corrected chi connectivity index (χ1v) is 13.4. The maximum absolute atomic E-state index is 12.8. The number of imidazole rings is 1. The van der Waals surface area contributed by atoms with Crippen LogP contribution in [0.15, 0.2) is 103 Å².